The normalized spacial score (nSPS) is 28.7. The highest BCUT2D eigenvalue weighted by Crippen LogP contribution is 2.53. The van der Waals surface area contributed by atoms with Crippen molar-refractivity contribution >= 4 is 0 Å². The number of fused-ring (bicyclic) bond motifs is 1. The first kappa shape index (κ1) is 13.4. The van der Waals surface area contributed by atoms with Gasteiger partial charge in [0.05, 0.1) is 6.61 Å². The fourth-order valence-corrected chi connectivity index (χ4v) is 3.80. The molecule has 0 aromatic heterocycles. The molecular formula is C17H23NO3. The van der Waals surface area contributed by atoms with Crippen LogP contribution >= 0.6 is 0 Å². The van der Waals surface area contributed by atoms with Crippen LogP contribution in [0.1, 0.15) is 54.0 Å². The molecule has 3 aliphatic rings. The van der Waals surface area contributed by atoms with E-state index < -0.39 is 0 Å². The van der Waals surface area contributed by atoms with E-state index >= 15 is 0 Å². The second-order valence-electron chi connectivity index (χ2n) is 6.85. The molecule has 2 fully saturated rings. The molecule has 1 saturated carbocycles. The van der Waals surface area contributed by atoms with Crippen molar-refractivity contribution in [2.75, 3.05) is 6.61 Å². The van der Waals surface area contributed by atoms with Crippen LogP contribution in [0.25, 0.3) is 0 Å². The van der Waals surface area contributed by atoms with E-state index in [4.69, 9.17) is 9.47 Å². The van der Waals surface area contributed by atoms with Gasteiger partial charge in [0.25, 0.3) is 0 Å². The van der Waals surface area contributed by atoms with Gasteiger partial charge < -0.3 is 14.6 Å². The molecule has 2 aliphatic heterocycles. The van der Waals surface area contributed by atoms with Gasteiger partial charge in [0.15, 0.2) is 0 Å². The molecule has 0 amide bonds. The van der Waals surface area contributed by atoms with E-state index in [1.54, 1.807) is 0 Å². The Labute approximate surface area is 125 Å². The molecule has 1 aromatic carbocycles. The third kappa shape index (κ3) is 1.96. The minimum atomic E-state index is 0.000168. The summed E-state index contributed by atoms with van der Waals surface area (Å²) in [5, 5.41) is 14.0. The van der Waals surface area contributed by atoms with Gasteiger partial charge in [-0.25, -0.2) is 0 Å². The number of phenolic OH excluding ortho intramolecular Hbond substituents is 1. The SMILES string of the molecule is Cc1c(C)c2c(c(C)c1O)C(NC1CO1)CC1(CCC1)O2. The zero-order chi connectivity index (χ0) is 14.8. The first-order valence-corrected chi connectivity index (χ1v) is 7.90. The van der Waals surface area contributed by atoms with Crippen molar-refractivity contribution in [1.29, 1.82) is 0 Å². The van der Waals surface area contributed by atoms with Crippen molar-refractivity contribution in [2.45, 2.75) is 64.3 Å². The smallest absolute Gasteiger partial charge is 0.132 e. The highest BCUT2D eigenvalue weighted by Gasteiger charge is 2.48. The van der Waals surface area contributed by atoms with Gasteiger partial charge in [0, 0.05) is 18.0 Å². The predicted octanol–water partition coefficient (Wildman–Crippen LogP) is 3.01. The summed E-state index contributed by atoms with van der Waals surface area (Å²) >= 11 is 0. The molecule has 2 atom stereocenters. The lowest BCUT2D eigenvalue weighted by molar-refractivity contribution is -0.0388. The first-order valence-electron chi connectivity index (χ1n) is 7.90. The number of aromatic hydroxyl groups is 1. The molecule has 4 heteroatoms. The molecule has 2 unspecified atom stereocenters. The Balaban J connectivity index is 1.84. The zero-order valence-corrected chi connectivity index (χ0v) is 13.0. The van der Waals surface area contributed by atoms with E-state index in [1.165, 1.54) is 6.42 Å². The Kier molecular flexibility index (Phi) is 2.79. The molecular weight excluding hydrogens is 266 g/mol. The molecule has 21 heavy (non-hydrogen) atoms. The highest BCUT2D eigenvalue weighted by molar-refractivity contribution is 5.59. The Morgan fingerprint density at radius 2 is 1.86 bits per heavy atom. The van der Waals surface area contributed by atoms with Crippen molar-refractivity contribution in [3.05, 3.63) is 22.3 Å². The van der Waals surface area contributed by atoms with Gasteiger partial charge in [-0.05, 0) is 56.7 Å². The topological polar surface area (TPSA) is 54.0 Å². The fourth-order valence-electron chi connectivity index (χ4n) is 3.80. The minimum absolute atomic E-state index is 0.000168. The molecule has 2 heterocycles. The number of ether oxygens (including phenoxy) is 2. The van der Waals surface area contributed by atoms with Crippen LogP contribution in [0.3, 0.4) is 0 Å². The molecule has 4 nitrogen and oxygen atoms in total. The molecule has 1 aliphatic carbocycles. The van der Waals surface area contributed by atoms with E-state index in [-0.39, 0.29) is 17.9 Å². The van der Waals surface area contributed by atoms with Crippen molar-refractivity contribution in [2.24, 2.45) is 0 Å². The van der Waals surface area contributed by atoms with Crippen molar-refractivity contribution in [1.82, 2.24) is 5.32 Å². The third-order valence-electron chi connectivity index (χ3n) is 5.49. The van der Waals surface area contributed by atoms with Gasteiger partial charge in [-0.2, -0.15) is 0 Å². The Bertz CT molecular complexity index is 603. The van der Waals surface area contributed by atoms with E-state index in [1.807, 2.05) is 13.8 Å². The maximum absolute atomic E-state index is 10.4. The van der Waals surface area contributed by atoms with E-state index in [0.29, 0.717) is 5.75 Å². The number of hydrogen-bond donors (Lipinski definition) is 2. The second kappa shape index (κ2) is 4.37. The molecule has 4 rings (SSSR count). The van der Waals surface area contributed by atoms with Gasteiger partial charge in [0.2, 0.25) is 0 Å². The fraction of sp³-hybridized carbons (Fsp3) is 0.647. The highest BCUT2D eigenvalue weighted by atomic mass is 16.6. The summed E-state index contributed by atoms with van der Waals surface area (Å²) in [7, 11) is 0. The quantitative estimate of drug-likeness (QED) is 0.822. The lowest BCUT2D eigenvalue weighted by Crippen LogP contribution is -2.49. The van der Waals surface area contributed by atoms with Crippen LogP contribution in [0.2, 0.25) is 0 Å². The van der Waals surface area contributed by atoms with E-state index in [0.717, 1.165) is 53.9 Å². The van der Waals surface area contributed by atoms with Crippen LogP contribution in [-0.2, 0) is 4.74 Å². The number of benzene rings is 1. The van der Waals surface area contributed by atoms with Crippen molar-refractivity contribution < 1.29 is 14.6 Å². The number of rotatable bonds is 2. The Hall–Kier alpha value is -1.26. The Morgan fingerprint density at radius 1 is 1.14 bits per heavy atom. The molecule has 1 aromatic rings. The van der Waals surface area contributed by atoms with Crippen molar-refractivity contribution in [3.8, 4) is 11.5 Å². The molecule has 114 valence electrons. The largest absolute Gasteiger partial charge is 0.507 e. The van der Waals surface area contributed by atoms with E-state index in [2.05, 4.69) is 12.2 Å². The maximum Gasteiger partial charge on any atom is 0.132 e. The van der Waals surface area contributed by atoms with Gasteiger partial charge in [-0.3, -0.25) is 5.32 Å². The molecule has 2 N–H and O–H groups in total. The minimum Gasteiger partial charge on any atom is -0.507 e. The summed E-state index contributed by atoms with van der Waals surface area (Å²) in [6, 6.07) is 0.215. The first-order chi connectivity index (χ1) is 10.0. The van der Waals surface area contributed by atoms with Gasteiger partial charge in [-0.1, -0.05) is 0 Å². The zero-order valence-electron chi connectivity index (χ0n) is 13.0. The van der Waals surface area contributed by atoms with Crippen LogP contribution in [0, 0.1) is 20.8 Å². The molecule has 1 spiro atoms. The average molecular weight is 289 g/mol. The average Bonchev–Trinajstić information content (AvgIpc) is 3.24. The molecule has 0 radical (unpaired) electrons. The summed E-state index contributed by atoms with van der Waals surface area (Å²) < 4.78 is 11.8. The summed E-state index contributed by atoms with van der Waals surface area (Å²) in [6.07, 6.45) is 4.66. The number of hydrogen-bond acceptors (Lipinski definition) is 4. The van der Waals surface area contributed by atoms with Crippen LogP contribution in [-0.4, -0.2) is 23.5 Å². The summed E-state index contributed by atoms with van der Waals surface area (Å²) in [4.78, 5) is 0. The van der Waals surface area contributed by atoms with Crippen LogP contribution < -0.4 is 10.1 Å². The monoisotopic (exact) mass is 289 g/mol. The second-order valence-corrected chi connectivity index (χ2v) is 6.85. The predicted molar refractivity (Wildman–Crippen MR) is 79.8 cm³/mol. The lowest BCUT2D eigenvalue weighted by Gasteiger charge is -2.49. The summed E-state index contributed by atoms with van der Waals surface area (Å²) in [5.41, 5.74) is 4.08. The number of epoxide rings is 1. The number of nitrogens with one attached hydrogen (secondary N) is 1. The third-order valence-corrected chi connectivity index (χ3v) is 5.49. The Morgan fingerprint density at radius 3 is 2.43 bits per heavy atom. The van der Waals surface area contributed by atoms with Crippen molar-refractivity contribution in [3.63, 3.8) is 0 Å². The summed E-state index contributed by atoms with van der Waals surface area (Å²) in [5.74, 6) is 1.40. The van der Waals surface area contributed by atoms with Crippen LogP contribution in [0.15, 0.2) is 0 Å². The van der Waals surface area contributed by atoms with Gasteiger partial charge >= 0.3 is 0 Å². The summed E-state index contributed by atoms with van der Waals surface area (Å²) in [6.45, 7) is 6.80. The van der Waals surface area contributed by atoms with E-state index in [9.17, 15) is 5.11 Å². The van der Waals surface area contributed by atoms with Crippen LogP contribution in [0.5, 0.6) is 11.5 Å². The van der Waals surface area contributed by atoms with Crippen LogP contribution in [0.4, 0.5) is 0 Å². The van der Waals surface area contributed by atoms with Gasteiger partial charge in [-0.15, -0.1) is 0 Å². The van der Waals surface area contributed by atoms with Gasteiger partial charge in [0.1, 0.15) is 23.3 Å². The lowest BCUT2D eigenvalue weighted by atomic mass is 9.72. The number of phenols is 1. The molecule has 1 saturated heterocycles. The molecule has 0 bridgehead atoms. The standard InChI is InChI=1S/C17H23NO3/c1-9-10(2)16-14(11(3)15(9)19)12(18-13-8-20-13)7-17(21-16)5-4-6-17/h12-13,18-19H,4-8H2,1-3H3. The maximum atomic E-state index is 10.4.